The number of aliphatic hydroxyl groups is 2. The summed E-state index contributed by atoms with van der Waals surface area (Å²) in [5.41, 5.74) is 1.27. The second-order valence-corrected chi connectivity index (χ2v) is 20.3. The monoisotopic (exact) mass is 966 g/mol. The number of cyclic esters (lactones) is 1. The number of hydrogen-bond donors (Lipinski definition) is 2. The van der Waals surface area contributed by atoms with E-state index in [1.54, 1.807) is 45.9 Å². The molecule has 2 saturated heterocycles. The van der Waals surface area contributed by atoms with E-state index in [4.69, 9.17) is 23.7 Å². The Labute approximate surface area is 408 Å². The predicted octanol–water partition coefficient (Wildman–Crippen LogP) is 6.05. The average molecular weight is 966 g/mol. The van der Waals surface area contributed by atoms with Crippen molar-refractivity contribution in [3.63, 3.8) is 0 Å². The molecule has 17 heteroatoms. The lowest BCUT2D eigenvalue weighted by Crippen LogP contribution is -2.61. The van der Waals surface area contributed by atoms with E-state index in [-0.39, 0.29) is 60.9 Å². The van der Waals surface area contributed by atoms with E-state index in [9.17, 15) is 34.2 Å². The summed E-state index contributed by atoms with van der Waals surface area (Å²) >= 11 is 0. The van der Waals surface area contributed by atoms with Crippen LogP contribution in [0.15, 0.2) is 53.9 Å². The van der Waals surface area contributed by atoms with Crippen molar-refractivity contribution in [2.75, 3.05) is 27.9 Å². The number of Topliss-reactive ketones (excluding diaryl/α,β-unsaturated/α-hetero) is 3. The van der Waals surface area contributed by atoms with E-state index < -0.39 is 77.8 Å². The van der Waals surface area contributed by atoms with Crippen LogP contribution >= 0.6 is 0 Å². The minimum atomic E-state index is -2.43. The lowest BCUT2D eigenvalue weighted by Gasteiger charge is -2.42. The first-order chi connectivity index (χ1) is 32.8. The highest BCUT2D eigenvalue weighted by Gasteiger charge is 2.53. The second-order valence-electron chi connectivity index (χ2n) is 20.3. The molecule has 3 aliphatic heterocycles. The maximum atomic E-state index is 14.5. The SMILES string of the molecule is CO[C@H]1C[C@@H]2CC[C@@H](C)[C@@](O)(O2)C(=O)C(=O)N2CCCC[C@H]2C(=O)O[C@H]([C@H](C)CC2CC[C@H](n3ncnn3)[C@H](OC)C2)CC(=O)[C@H](C)/C=C(\C)[C@@H](O)[C@@H](OC)C(=O)[C@@H](C)CC(C)/C=C/C=CC=C1C. The molecule has 1 saturated carbocycles. The molecule has 1 amide bonds. The molecule has 1 aromatic rings. The summed E-state index contributed by atoms with van der Waals surface area (Å²) in [6.45, 7) is 12.8. The van der Waals surface area contributed by atoms with Gasteiger partial charge in [0.25, 0.3) is 11.7 Å². The zero-order chi connectivity index (χ0) is 50.6. The van der Waals surface area contributed by atoms with Gasteiger partial charge in [0.2, 0.25) is 5.79 Å². The highest BCUT2D eigenvalue weighted by Crippen LogP contribution is 2.39. The van der Waals surface area contributed by atoms with Crippen LogP contribution in [0.2, 0.25) is 0 Å². The van der Waals surface area contributed by atoms with Gasteiger partial charge in [-0.3, -0.25) is 19.2 Å². The van der Waals surface area contributed by atoms with Gasteiger partial charge in [0, 0.05) is 58.5 Å². The van der Waals surface area contributed by atoms with Gasteiger partial charge in [0.1, 0.15) is 30.1 Å². The number of esters is 1. The molecule has 69 heavy (non-hydrogen) atoms. The van der Waals surface area contributed by atoms with Crippen LogP contribution in [-0.4, -0.2) is 141 Å². The Kier molecular flexibility index (Phi) is 20.8. The maximum Gasteiger partial charge on any atom is 0.329 e. The Hall–Kier alpha value is -4.26. The zero-order valence-electron chi connectivity index (χ0n) is 42.5. The van der Waals surface area contributed by atoms with Crippen LogP contribution in [-0.2, 0) is 47.7 Å². The Morgan fingerprint density at radius 3 is 2.32 bits per heavy atom. The Morgan fingerprint density at radius 2 is 1.64 bits per heavy atom. The number of rotatable bonds is 7. The van der Waals surface area contributed by atoms with Crippen molar-refractivity contribution in [3.05, 3.63) is 53.9 Å². The van der Waals surface area contributed by atoms with E-state index in [0.717, 1.165) is 18.4 Å². The summed E-state index contributed by atoms with van der Waals surface area (Å²) in [4.78, 5) is 73.9. The molecule has 2 bridgehead atoms. The first kappa shape index (κ1) is 55.7. The number of nitrogens with zero attached hydrogens (tertiary/aromatic N) is 5. The van der Waals surface area contributed by atoms with Gasteiger partial charge in [-0.25, -0.2) is 4.79 Å². The van der Waals surface area contributed by atoms with Gasteiger partial charge in [0.15, 0.2) is 12.1 Å². The topological polar surface area (TPSA) is 219 Å². The van der Waals surface area contributed by atoms with E-state index in [0.29, 0.717) is 56.9 Å². The lowest BCUT2D eigenvalue weighted by molar-refractivity contribution is -0.265. The molecule has 0 spiro atoms. The molecular formula is C52H79N5O12. The highest BCUT2D eigenvalue weighted by molar-refractivity contribution is 6.39. The average Bonchev–Trinajstić information content (AvgIpc) is 3.88. The normalized spacial score (nSPS) is 37.5. The quantitative estimate of drug-likeness (QED) is 0.181. The molecular weight excluding hydrogens is 887 g/mol. The standard InChI is InChI=1S/C52H79N5O12/c1-31-16-12-11-13-17-32(2)43(65-8)28-39-21-19-37(7)52(64,69-39)49(61)50(62)56-23-15-14-18-41(56)51(63)68-44(34(4)26-38-20-22-40(45(27-38)66-9)57-54-30-53-55-57)29-42(58)33(3)25-36(6)47(60)48(67-10)46(59)35(5)24-31/h11-13,16-17,25,30-31,33-35,37-41,43-45,47-48,60,64H,14-15,18-24,26-29H2,1-10H3/b13-11?,16-12+,32-17?,36-25+/t31?,33-,34-,35+,37-,38?,39+,40+,41+,43+,44+,45-,47-,48+,52-/m1/s1. The number of carbonyl (C=O) groups excluding carboxylic acids is 5. The number of fused-ring (bicyclic) bond motifs is 3. The van der Waals surface area contributed by atoms with E-state index >= 15 is 0 Å². The van der Waals surface area contributed by atoms with Gasteiger partial charge in [0.05, 0.1) is 24.4 Å². The number of aromatic nitrogens is 4. The number of ether oxygens (including phenoxy) is 5. The van der Waals surface area contributed by atoms with Crippen molar-refractivity contribution < 1.29 is 57.9 Å². The number of methoxy groups -OCH3 is 3. The van der Waals surface area contributed by atoms with Crippen molar-refractivity contribution in [3.8, 4) is 0 Å². The fraction of sp³-hybridized carbons (Fsp3) is 0.731. The maximum absolute atomic E-state index is 14.5. The molecule has 4 heterocycles. The number of tetrazole rings is 1. The fourth-order valence-corrected chi connectivity index (χ4v) is 10.7. The van der Waals surface area contributed by atoms with Gasteiger partial charge in [-0.2, -0.15) is 4.80 Å². The third kappa shape index (κ3) is 14.2. The summed E-state index contributed by atoms with van der Waals surface area (Å²) in [6, 6.07) is -1.24. The largest absolute Gasteiger partial charge is 0.460 e. The van der Waals surface area contributed by atoms with Crippen LogP contribution in [0.3, 0.4) is 0 Å². The summed E-state index contributed by atoms with van der Waals surface area (Å²) in [7, 11) is 4.61. The van der Waals surface area contributed by atoms with E-state index in [2.05, 4.69) is 15.4 Å². The highest BCUT2D eigenvalue weighted by atomic mass is 16.6. The van der Waals surface area contributed by atoms with Crippen molar-refractivity contribution in [2.45, 2.75) is 180 Å². The third-order valence-corrected chi connectivity index (χ3v) is 15.1. The smallest absolute Gasteiger partial charge is 0.329 e. The van der Waals surface area contributed by atoms with Crippen LogP contribution in [0, 0.1) is 35.5 Å². The molecule has 1 aromatic heterocycles. The number of carbonyl (C=O) groups is 5. The molecule has 0 radical (unpaired) electrons. The van der Waals surface area contributed by atoms with Crippen molar-refractivity contribution in [2.24, 2.45) is 35.5 Å². The molecule has 1 aliphatic carbocycles. The summed E-state index contributed by atoms with van der Waals surface area (Å²) < 4.78 is 29.9. The van der Waals surface area contributed by atoms with Crippen LogP contribution in [0.1, 0.15) is 132 Å². The van der Waals surface area contributed by atoms with Gasteiger partial charge in [-0.1, -0.05) is 71.1 Å². The van der Waals surface area contributed by atoms with Crippen molar-refractivity contribution in [1.82, 2.24) is 25.1 Å². The third-order valence-electron chi connectivity index (χ3n) is 15.1. The van der Waals surface area contributed by atoms with Gasteiger partial charge < -0.3 is 38.8 Å². The van der Waals surface area contributed by atoms with E-state index in [1.165, 1.54) is 18.3 Å². The van der Waals surface area contributed by atoms with Crippen molar-refractivity contribution in [1.29, 1.82) is 0 Å². The number of aliphatic hydroxyl groups excluding tert-OH is 1. The molecule has 3 fully saturated rings. The zero-order valence-corrected chi connectivity index (χ0v) is 42.5. The van der Waals surface area contributed by atoms with Crippen LogP contribution in [0.4, 0.5) is 0 Å². The van der Waals surface area contributed by atoms with Gasteiger partial charge in [-0.15, -0.1) is 10.2 Å². The molecule has 2 N–H and O–H groups in total. The summed E-state index contributed by atoms with van der Waals surface area (Å²) in [5.74, 6) is -7.94. The Bertz CT molecular complexity index is 2020. The predicted molar refractivity (Wildman–Crippen MR) is 256 cm³/mol. The van der Waals surface area contributed by atoms with Gasteiger partial charge in [-0.05, 0) is 112 Å². The fourth-order valence-electron chi connectivity index (χ4n) is 10.7. The van der Waals surface area contributed by atoms with Crippen LogP contribution in [0.5, 0.6) is 0 Å². The molecule has 384 valence electrons. The first-order valence-corrected chi connectivity index (χ1v) is 25.0. The molecule has 4 aliphatic rings. The van der Waals surface area contributed by atoms with Crippen LogP contribution in [0.25, 0.3) is 0 Å². The molecule has 17 nitrogen and oxygen atoms in total. The van der Waals surface area contributed by atoms with Crippen LogP contribution < -0.4 is 0 Å². The number of allylic oxidation sites excluding steroid dienone is 6. The molecule has 5 rings (SSSR count). The second kappa shape index (κ2) is 25.7. The summed E-state index contributed by atoms with van der Waals surface area (Å²) in [6.07, 6.45) is 13.7. The molecule has 2 unspecified atom stereocenters. The Balaban J connectivity index is 1.46. The Morgan fingerprint density at radius 1 is 0.884 bits per heavy atom. The summed E-state index contributed by atoms with van der Waals surface area (Å²) in [5, 5.41) is 35.7. The lowest BCUT2D eigenvalue weighted by atomic mass is 9.77. The number of amides is 1. The molecule has 0 aromatic carbocycles. The number of hydrogen-bond acceptors (Lipinski definition) is 15. The van der Waals surface area contributed by atoms with Crippen molar-refractivity contribution >= 4 is 29.2 Å². The van der Waals surface area contributed by atoms with E-state index in [1.807, 2.05) is 58.1 Å². The number of ketones is 3. The van der Waals surface area contributed by atoms with Gasteiger partial charge >= 0.3 is 5.97 Å². The minimum absolute atomic E-state index is 0.0168. The minimum Gasteiger partial charge on any atom is -0.460 e. The number of piperidine rings is 1. The first-order valence-electron chi connectivity index (χ1n) is 25.0. The molecule has 15 atom stereocenters.